The van der Waals surface area contributed by atoms with Gasteiger partial charge in [-0.3, -0.25) is 4.79 Å². The molecule has 64 valence electrons. The predicted octanol–water partition coefficient (Wildman–Crippen LogP) is 1.37. The minimum absolute atomic E-state index is 0.0869. The van der Waals surface area contributed by atoms with Crippen molar-refractivity contribution in [1.82, 2.24) is 10.2 Å². The van der Waals surface area contributed by atoms with Gasteiger partial charge in [0.05, 0.1) is 5.56 Å². The topological polar surface area (TPSA) is 54.9 Å². The number of hydrogen-bond donors (Lipinski definition) is 1. The maximum Gasteiger partial charge on any atom is 0.163 e. The summed E-state index contributed by atoms with van der Waals surface area (Å²) < 4.78 is 0. The van der Waals surface area contributed by atoms with Crippen LogP contribution in [0.2, 0.25) is 5.15 Å². The molecule has 4 nitrogen and oxygen atoms in total. The van der Waals surface area contributed by atoms with Crippen LogP contribution < -0.4 is 5.32 Å². The van der Waals surface area contributed by atoms with Crippen LogP contribution in [-0.2, 0) is 0 Å². The number of nitrogens with zero attached hydrogens (tertiary/aromatic N) is 2. The van der Waals surface area contributed by atoms with Crippen LogP contribution in [0.1, 0.15) is 17.3 Å². The van der Waals surface area contributed by atoms with E-state index in [1.165, 1.54) is 13.0 Å². The summed E-state index contributed by atoms with van der Waals surface area (Å²) in [6.45, 7) is 1.45. The van der Waals surface area contributed by atoms with E-state index < -0.39 is 0 Å². The molecule has 1 heterocycles. The summed E-state index contributed by atoms with van der Waals surface area (Å²) in [5.74, 6) is 0.364. The van der Waals surface area contributed by atoms with E-state index in [4.69, 9.17) is 11.6 Å². The Balaban J connectivity index is 3.21. The number of halogens is 1. The minimum Gasteiger partial charge on any atom is -0.371 e. The van der Waals surface area contributed by atoms with Crippen LogP contribution in [-0.4, -0.2) is 23.0 Å². The van der Waals surface area contributed by atoms with Crippen LogP contribution in [0.15, 0.2) is 6.07 Å². The van der Waals surface area contributed by atoms with E-state index >= 15 is 0 Å². The molecule has 1 aromatic rings. The zero-order valence-electron chi connectivity index (χ0n) is 6.76. The third kappa shape index (κ3) is 1.71. The normalized spacial score (nSPS) is 9.58. The Morgan fingerprint density at radius 3 is 2.75 bits per heavy atom. The molecule has 0 amide bonds. The monoisotopic (exact) mass is 185 g/mol. The molecule has 0 saturated heterocycles. The van der Waals surface area contributed by atoms with Crippen molar-refractivity contribution >= 4 is 23.2 Å². The van der Waals surface area contributed by atoms with Crippen molar-refractivity contribution in [3.8, 4) is 0 Å². The Bertz CT molecular complexity index is 314. The molecule has 0 radical (unpaired) electrons. The van der Waals surface area contributed by atoms with Crippen molar-refractivity contribution in [2.75, 3.05) is 12.4 Å². The summed E-state index contributed by atoms with van der Waals surface area (Å²) in [5.41, 5.74) is 0.456. The van der Waals surface area contributed by atoms with Gasteiger partial charge in [-0.1, -0.05) is 11.6 Å². The lowest BCUT2D eigenvalue weighted by Gasteiger charge is -2.02. The maximum absolute atomic E-state index is 11.0. The molecule has 12 heavy (non-hydrogen) atoms. The number of nitrogens with one attached hydrogen (secondary N) is 1. The van der Waals surface area contributed by atoms with Gasteiger partial charge in [0, 0.05) is 7.05 Å². The number of ketones is 1. The van der Waals surface area contributed by atoms with Crippen molar-refractivity contribution in [1.29, 1.82) is 0 Å². The molecule has 1 N–H and O–H groups in total. The lowest BCUT2D eigenvalue weighted by Crippen LogP contribution is -2.04. The molecule has 1 aromatic heterocycles. The highest BCUT2D eigenvalue weighted by atomic mass is 35.5. The van der Waals surface area contributed by atoms with Crippen LogP contribution >= 0.6 is 11.6 Å². The minimum atomic E-state index is -0.0869. The third-order valence-corrected chi connectivity index (χ3v) is 1.56. The molecule has 0 aliphatic heterocycles. The standard InChI is InChI=1S/C7H8ClN3O/c1-4(12)5-3-6(8)10-11-7(5)9-2/h3H,1-2H3,(H,9,11). The first kappa shape index (κ1) is 8.93. The summed E-state index contributed by atoms with van der Waals surface area (Å²) >= 11 is 5.56. The molecule has 0 spiro atoms. The third-order valence-electron chi connectivity index (χ3n) is 1.38. The van der Waals surface area contributed by atoms with Crippen molar-refractivity contribution in [2.45, 2.75) is 6.92 Å². The van der Waals surface area contributed by atoms with Crippen LogP contribution in [0.3, 0.4) is 0 Å². The first-order valence-corrected chi connectivity index (χ1v) is 3.75. The molecule has 0 atom stereocenters. The number of carbonyl (C=O) groups excluding carboxylic acids is 1. The van der Waals surface area contributed by atoms with Gasteiger partial charge in [0.1, 0.15) is 0 Å². The first-order chi connectivity index (χ1) is 5.65. The van der Waals surface area contributed by atoms with Gasteiger partial charge in [-0.25, -0.2) is 0 Å². The van der Waals surface area contributed by atoms with Gasteiger partial charge in [-0.2, -0.15) is 0 Å². The van der Waals surface area contributed by atoms with Gasteiger partial charge in [0.25, 0.3) is 0 Å². The van der Waals surface area contributed by atoms with Gasteiger partial charge in [0.2, 0.25) is 0 Å². The van der Waals surface area contributed by atoms with E-state index in [9.17, 15) is 4.79 Å². The lowest BCUT2D eigenvalue weighted by atomic mass is 10.2. The predicted molar refractivity (Wildman–Crippen MR) is 46.6 cm³/mol. The molecule has 0 saturated carbocycles. The molecule has 5 heteroatoms. The average Bonchev–Trinajstić information content (AvgIpc) is 2.04. The van der Waals surface area contributed by atoms with E-state index in [0.717, 1.165) is 0 Å². The fourth-order valence-electron chi connectivity index (χ4n) is 0.821. The lowest BCUT2D eigenvalue weighted by molar-refractivity contribution is 0.101. The second kappa shape index (κ2) is 3.49. The highest BCUT2D eigenvalue weighted by Crippen LogP contribution is 2.14. The smallest absolute Gasteiger partial charge is 0.163 e. The maximum atomic E-state index is 11.0. The number of hydrogen-bond acceptors (Lipinski definition) is 4. The van der Waals surface area contributed by atoms with E-state index in [1.54, 1.807) is 7.05 Å². The summed E-state index contributed by atoms with van der Waals surface area (Å²) in [4.78, 5) is 11.0. The van der Waals surface area contributed by atoms with E-state index in [-0.39, 0.29) is 10.9 Å². The second-order valence-electron chi connectivity index (χ2n) is 2.24. The zero-order chi connectivity index (χ0) is 9.14. The Morgan fingerprint density at radius 2 is 2.25 bits per heavy atom. The van der Waals surface area contributed by atoms with Crippen LogP contribution in [0.4, 0.5) is 5.82 Å². The van der Waals surface area contributed by atoms with Crippen LogP contribution in [0, 0.1) is 0 Å². The molecule has 0 aromatic carbocycles. The van der Waals surface area contributed by atoms with Crippen molar-refractivity contribution in [3.63, 3.8) is 0 Å². The van der Waals surface area contributed by atoms with E-state index in [1.807, 2.05) is 0 Å². The van der Waals surface area contributed by atoms with Gasteiger partial charge in [-0.05, 0) is 13.0 Å². The van der Waals surface area contributed by atoms with Gasteiger partial charge >= 0.3 is 0 Å². The Hall–Kier alpha value is -1.16. The van der Waals surface area contributed by atoms with Gasteiger partial charge < -0.3 is 5.32 Å². The zero-order valence-corrected chi connectivity index (χ0v) is 7.51. The summed E-state index contributed by atoms with van der Waals surface area (Å²) in [6, 6.07) is 1.49. The number of anilines is 1. The molecule has 0 aliphatic rings. The first-order valence-electron chi connectivity index (χ1n) is 3.37. The van der Waals surface area contributed by atoms with Crippen LogP contribution in [0.5, 0.6) is 0 Å². The summed E-state index contributed by atoms with van der Waals surface area (Å²) in [7, 11) is 1.67. The highest BCUT2D eigenvalue weighted by molar-refractivity contribution is 6.29. The number of rotatable bonds is 2. The summed E-state index contributed by atoms with van der Waals surface area (Å²) in [6.07, 6.45) is 0. The Kier molecular flexibility index (Phi) is 2.60. The molecule has 0 aliphatic carbocycles. The molecular weight excluding hydrogens is 178 g/mol. The quantitative estimate of drug-likeness (QED) is 0.708. The van der Waals surface area contributed by atoms with Crippen molar-refractivity contribution < 1.29 is 4.79 Å². The Morgan fingerprint density at radius 1 is 1.58 bits per heavy atom. The van der Waals surface area contributed by atoms with Crippen LogP contribution in [0.25, 0.3) is 0 Å². The molecule has 0 unspecified atom stereocenters. The fraction of sp³-hybridized carbons (Fsp3) is 0.286. The average molecular weight is 186 g/mol. The van der Waals surface area contributed by atoms with Crippen molar-refractivity contribution in [3.05, 3.63) is 16.8 Å². The van der Waals surface area contributed by atoms with Gasteiger partial charge in [0.15, 0.2) is 16.8 Å². The highest BCUT2D eigenvalue weighted by Gasteiger charge is 2.08. The number of Topliss-reactive ketones (excluding diaryl/α,β-unsaturated/α-hetero) is 1. The molecular formula is C7H8ClN3O. The number of carbonyl (C=O) groups is 1. The van der Waals surface area contributed by atoms with Gasteiger partial charge in [-0.15, -0.1) is 10.2 Å². The molecule has 0 bridgehead atoms. The molecule has 1 rings (SSSR count). The summed E-state index contributed by atoms with van der Waals surface area (Å²) in [5, 5.41) is 10.3. The largest absolute Gasteiger partial charge is 0.371 e. The fourth-order valence-corrected chi connectivity index (χ4v) is 0.968. The number of aromatic nitrogens is 2. The Labute approximate surface area is 74.9 Å². The van der Waals surface area contributed by atoms with Crippen molar-refractivity contribution in [2.24, 2.45) is 0 Å². The molecule has 0 fully saturated rings. The second-order valence-corrected chi connectivity index (χ2v) is 2.62. The van der Waals surface area contributed by atoms with E-state index in [0.29, 0.717) is 11.4 Å². The SMILES string of the molecule is CNc1nnc(Cl)cc1C(C)=O. The van der Waals surface area contributed by atoms with E-state index in [2.05, 4.69) is 15.5 Å².